The number of hydrogen-bond donors (Lipinski definition) is 1. The highest BCUT2D eigenvalue weighted by Gasteiger charge is 2.46. The maximum Gasteiger partial charge on any atom is 0.0558 e. The summed E-state index contributed by atoms with van der Waals surface area (Å²) in [5.41, 5.74) is 0.341. The SMILES string of the molecule is CC(C)(C)N1C(C)(C)CCC(O)CC1(C)C. The van der Waals surface area contributed by atoms with Crippen molar-refractivity contribution in [2.45, 2.75) is 90.4 Å². The van der Waals surface area contributed by atoms with Gasteiger partial charge in [0.15, 0.2) is 0 Å². The first-order chi connectivity index (χ1) is 6.97. The van der Waals surface area contributed by atoms with Gasteiger partial charge in [0.1, 0.15) is 0 Å². The van der Waals surface area contributed by atoms with Crippen molar-refractivity contribution in [2.75, 3.05) is 0 Å². The van der Waals surface area contributed by atoms with Gasteiger partial charge in [0.2, 0.25) is 0 Å². The molecule has 1 fully saturated rings. The van der Waals surface area contributed by atoms with Gasteiger partial charge in [-0.3, -0.25) is 4.90 Å². The Balaban J connectivity index is 3.14. The standard InChI is InChI=1S/C14H29NO/c1-12(2,3)15-13(4,5)9-8-11(16)10-14(15,6)7/h11,16H,8-10H2,1-7H3. The Morgan fingerprint density at radius 2 is 1.56 bits per heavy atom. The van der Waals surface area contributed by atoms with Gasteiger partial charge < -0.3 is 5.11 Å². The molecule has 1 aliphatic heterocycles. The molecule has 0 aromatic carbocycles. The molecule has 16 heavy (non-hydrogen) atoms. The molecule has 0 aromatic rings. The zero-order chi connectivity index (χ0) is 12.8. The Morgan fingerprint density at radius 3 is 2.00 bits per heavy atom. The molecule has 0 aromatic heterocycles. The van der Waals surface area contributed by atoms with E-state index in [2.05, 4.69) is 53.4 Å². The lowest BCUT2D eigenvalue weighted by molar-refractivity contribution is -0.0588. The number of hydrogen-bond acceptors (Lipinski definition) is 2. The summed E-state index contributed by atoms with van der Waals surface area (Å²) >= 11 is 0. The van der Waals surface area contributed by atoms with Crippen LogP contribution in [0.15, 0.2) is 0 Å². The molecule has 0 aliphatic carbocycles. The van der Waals surface area contributed by atoms with Crippen LogP contribution in [0.2, 0.25) is 0 Å². The first kappa shape index (κ1) is 14.0. The minimum absolute atomic E-state index is 0.0532. The molecule has 1 aliphatic rings. The number of rotatable bonds is 0. The summed E-state index contributed by atoms with van der Waals surface area (Å²) in [6.07, 6.45) is 2.70. The number of aliphatic hydroxyl groups excluding tert-OH is 1. The highest BCUT2D eigenvalue weighted by molar-refractivity contribution is 5.02. The molecule has 1 saturated heterocycles. The molecule has 1 rings (SSSR count). The van der Waals surface area contributed by atoms with E-state index >= 15 is 0 Å². The van der Waals surface area contributed by atoms with E-state index in [1.54, 1.807) is 0 Å². The van der Waals surface area contributed by atoms with Crippen molar-refractivity contribution in [1.29, 1.82) is 0 Å². The zero-order valence-corrected chi connectivity index (χ0v) is 12.1. The minimum atomic E-state index is -0.151. The summed E-state index contributed by atoms with van der Waals surface area (Å²) in [4.78, 5) is 2.59. The molecule has 1 unspecified atom stereocenters. The van der Waals surface area contributed by atoms with E-state index in [4.69, 9.17) is 0 Å². The highest BCUT2D eigenvalue weighted by Crippen LogP contribution is 2.41. The Labute approximate surface area is 101 Å². The molecular formula is C14H29NO. The molecule has 0 spiro atoms. The van der Waals surface area contributed by atoms with Gasteiger partial charge in [0.05, 0.1) is 6.10 Å². The van der Waals surface area contributed by atoms with E-state index in [0.29, 0.717) is 0 Å². The Kier molecular flexibility index (Phi) is 3.49. The van der Waals surface area contributed by atoms with E-state index in [1.807, 2.05) is 0 Å². The lowest BCUT2D eigenvalue weighted by Gasteiger charge is -2.54. The predicted molar refractivity (Wildman–Crippen MR) is 69.6 cm³/mol. The van der Waals surface area contributed by atoms with Gasteiger partial charge in [-0.15, -0.1) is 0 Å². The van der Waals surface area contributed by atoms with E-state index in [0.717, 1.165) is 19.3 Å². The molecule has 1 heterocycles. The average molecular weight is 227 g/mol. The third-order valence-corrected chi connectivity index (χ3v) is 3.71. The minimum Gasteiger partial charge on any atom is -0.393 e. The summed E-state index contributed by atoms with van der Waals surface area (Å²) in [5.74, 6) is 0. The van der Waals surface area contributed by atoms with Crippen molar-refractivity contribution >= 4 is 0 Å². The van der Waals surface area contributed by atoms with Gasteiger partial charge >= 0.3 is 0 Å². The first-order valence-corrected chi connectivity index (χ1v) is 6.45. The molecule has 96 valence electrons. The maximum atomic E-state index is 10.0. The summed E-state index contributed by atoms with van der Waals surface area (Å²) in [6.45, 7) is 15.9. The third-order valence-electron chi connectivity index (χ3n) is 3.71. The van der Waals surface area contributed by atoms with Crippen LogP contribution in [0.1, 0.15) is 67.7 Å². The van der Waals surface area contributed by atoms with Gasteiger partial charge in [0.25, 0.3) is 0 Å². The number of aliphatic hydroxyl groups is 1. The lowest BCUT2D eigenvalue weighted by atomic mass is 9.85. The molecule has 0 amide bonds. The Bertz CT molecular complexity index is 250. The van der Waals surface area contributed by atoms with Crippen molar-refractivity contribution < 1.29 is 5.11 Å². The monoisotopic (exact) mass is 227 g/mol. The van der Waals surface area contributed by atoms with Crippen LogP contribution < -0.4 is 0 Å². The van der Waals surface area contributed by atoms with Crippen molar-refractivity contribution in [3.05, 3.63) is 0 Å². The second kappa shape index (κ2) is 3.99. The Hall–Kier alpha value is -0.0800. The third kappa shape index (κ3) is 2.78. The van der Waals surface area contributed by atoms with Crippen molar-refractivity contribution in [3.8, 4) is 0 Å². The first-order valence-electron chi connectivity index (χ1n) is 6.45. The normalized spacial score (nSPS) is 31.1. The predicted octanol–water partition coefficient (Wildman–Crippen LogP) is 3.19. The van der Waals surface area contributed by atoms with Crippen LogP contribution in [0.3, 0.4) is 0 Å². The maximum absolute atomic E-state index is 10.0. The molecule has 0 bridgehead atoms. The van der Waals surface area contributed by atoms with Crippen LogP contribution in [-0.4, -0.2) is 32.7 Å². The molecule has 1 N–H and O–H groups in total. The average Bonchev–Trinajstić information content (AvgIpc) is 2.01. The lowest BCUT2D eigenvalue weighted by Crippen LogP contribution is -2.62. The summed E-state index contributed by atoms with van der Waals surface area (Å²) in [6, 6.07) is 0. The van der Waals surface area contributed by atoms with Crippen molar-refractivity contribution in [3.63, 3.8) is 0 Å². The van der Waals surface area contributed by atoms with Crippen LogP contribution in [0.5, 0.6) is 0 Å². The summed E-state index contributed by atoms with van der Waals surface area (Å²) in [5, 5.41) is 10.0. The summed E-state index contributed by atoms with van der Waals surface area (Å²) in [7, 11) is 0. The van der Waals surface area contributed by atoms with E-state index in [9.17, 15) is 5.11 Å². The van der Waals surface area contributed by atoms with Crippen LogP contribution in [0, 0.1) is 0 Å². The molecule has 1 atom stereocenters. The molecule has 2 heteroatoms. The van der Waals surface area contributed by atoms with Crippen molar-refractivity contribution in [1.82, 2.24) is 4.90 Å². The fourth-order valence-electron chi connectivity index (χ4n) is 4.04. The van der Waals surface area contributed by atoms with E-state index in [1.165, 1.54) is 0 Å². The smallest absolute Gasteiger partial charge is 0.0558 e. The Morgan fingerprint density at radius 1 is 1.06 bits per heavy atom. The fourth-order valence-corrected chi connectivity index (χ4v) is 4.04. The van der Waals surface area contributed by atoms with E-state index in [-0.39, 0.29) is 22.7 Å². The van der Waals surface area contributed by atoms with Gasteiger partial charge in [-0.2, -0.15) is 0 Å². The second-order valence-electron chi connectivity index (χ2n) is 7.53. The van der Waals surface area contributed by atoms with Gasteiger partial charge in [-0.1, -0.05) is 0 Å². The van der Waals surface area contributed by atoms with Crippen LogP contribution in [0.4, 0.5) is 0 Å². The van der Waals surface area contributed by atoms with Gasteiger partial charge in [-0.25, -0.2) is 0 Å². The molecule has 0 saturated carbocycles. The van der Waals surface area contributed by atoms with Gasteiger partial charge in [0, 0.05) is 16.6 Å². The fraction of sp³-hybridized carbons (Fsp3) is 1.00. The van der Waals surface area contributed by atoms with Crippen LogP contribution >= 0.6 is 0 Å². The number of nitrogens with zero attached hydrogens (tertiary/aromatic N) is 1. The molecular weight excluding hydrogens is 198 g/mol. The molecule has 2 nitrogen and oxygen atoms in total. The highest BCUT2D eigenvalue weighted by atomic mass is 16.3. The van der Waals surface area contributed by atoms with Crippen LogP contribution in [-0.2, 0) is 0 Å². The number of likely N-dealkylation sites (tertiary alicyclic amines) is 1. The second-order valence-corrected chi connectivity index (χ2v) is 7.53. The quantitative estimate of drug-likeness (QED) is 0.687. The molecule has 0 radical (unpaired) electrons. The zero-order valence-electron chi connectivity index (χ0n) is 12.1. The topological polar surface area (TPSA) is 23.5 Å². The summed E-state index contributed by atoms with van der Waals surface area (Å²) < 4.78 is 0. The van der Waals surface area contributed by atoms with Crippen molar-refractivity contribution in [2.24, 2.45) is 0 Å². The van der Waals surface area contributed by atoms with E-state index < -0.39 is 0 Å². The largest absolute Gasteiger partial charge is 0.393 e. The van der Waals surface area contributed by atoms with Gasteiger partial charge in [-0.05, 0) is 67.7 Å². The van der Waals surface area contributed by atoms with Crippen LogP contribution in [0.25, 0.3) is 0 Å².